The molecule has 0 saturated carbocycles. The number of benzene rings is 1. The van der Waals surface area contributed by atoms with Gasteiger partial charge in [-0.1, -0.05) is 30.3 Å². The van der Waals surface area contributed by atoms with E-state index in [0.717, 1.165) is 71.0 Å². The smallest absolute Gasteiger partial charge is 0.122 e. The largest absolute Gasteiger partial charge is 0.390 e. The van der Waals surface area contributed by atoms with Crippen molar-refractivity contribution in [2.24, 2.45) is 7.05 Å². The monoisotopic (exact) mass is 383 g/mol. The first kappa shape index (κ1) is 19.6. The molecule has 6 heteroatoms. The molecule has 0 radical (unpaired) electrons. The minimum Gasteiger partial charge on any atom is -0.390 e. The van der Waals surface area contributed by atoms with Gasteiger partial charge in [-0.2, -0.15) is 0 Å². The number of aliphatic hydroxyl groups excluding tert-OH is 1. The third-order valence-electron chi connectivity index (χ3n) is 6.35. The highest BCUT2D eigenvalue weighted by Crippen LogP contribution is 2.20. The molecule has 1 aromatic heterocycles. The molecule has 2 fully saturated rings. The standard InChI is InChI=1S/C22H33N5O/c1-24-12-9-23-22(24)18-26-11-8-20(21(28)17-26)27-15-13-25(14-16-27)10-7-19-5-3-2-4-6-19/h2-6,9,12,20-21,28H,7-8,10-11,13-18H2,1H3/t20-,21-/m1/s1. The molecule has 28 heavy (non-hydrogen) atoms. The molecule has 0 bridgehead atoms. The van der Waals surface area contributed by atoms with Crippen molar-refractivity contribution in [1.82, 2.24) is 24.3 Å². The molecule has 0 unspecified atom stereocenters. The zero-order valence-corrected chi connectivity index (χ0v) is 17.0. The predicted molar refractivity (Wildman–Crippen MR) is 111 cm³/mol. The molecule has 152 valence electrons. The van der Waals surface area contributed by atoms with E-state index >= 15 is 0 Å². The number of β-amino-alcohol motifs (C(OH)–C–C–N with tert-alkyl or cyclic N) is 1. The summed E-state index contributed by atoms with van der Waals surface area (Å²) in [6.07, 6.45) is 5.71. The molecule has 2 aliphatic rings. The van der Waals surface area contributed by atoms with Crippen molar-refractivity contribution in [1.29, 1.82) is 0 Å². The van der Waals surface area contributed by atoms with Crippen LogP contribution in [0.3, 0.4) is 0 Å². The Morgan fingerprint density at radius 3 is 2.50 bits per heavy atom. The fraction of sp³-hybridized carbons (Fsp3) is 0.591. The van der Waals surface area contributed by atoms with Crippen LogP contribution in [0, 0.1) is 0 Å². The van der Waals surface area contributed by atoms with E-state index in [1.807, 2.05) is 19.4 Å². The van der Waals surface area contributed by atoms with Crippen LogP contribution in [0.5, 0.6) is 0 Å². The number of hydrogen-bond acceptors (Lipinski definition) is 5. The summed E-state index contributed by atoms with van der Waals surface area (Å²) in [6, 6.07) is 11.0. The van der Waals surface area contributed by atoms with E-state index in [1.165, 1.54) is 5.56 Å². The number of imidazole rings is 1. The van der Waals surface area contributed by atoms with E-state index in [2.05, 4.69) is 54.6 Å². The maximum absolute atomic E-state index is 10.8. The lowest BCUT2D eigenvalue weighted by atomic mass is 9.99. The van der Waals surface area contributed by atoms with E-state index in [4.69, 9.17) is 0 Å². The van der Waals surface area contributed by atoms with Gasteiger partial charge in [0.05, 0.1) is 12.6 Å². The Morgan fingerprint density at radius 1 is 1.04 bits per heavy atom. The number of aromatic nitrogens is 2. The average Bonchev–Trinajstić information content (AvgIpc) is 3.12. The van der Waals surface area contributed by atoms with Gasteiger partial charge in [-0.05, 0) is 18.4 Å². The molecule has 2 aliphatic heterocycles. The summed E-state index contributed by atoms with van der Waals surface area (Å²) in [7, 11) is 2.03. The van der Waals surface area contributed by atoms with Gasteiger partial charge < -0.3 is 14.6 Å². The summed E-state index contributed by atoms with van der Waals surface area (Å²) in [5, 5.41) is 10.8. The van der Waals surface area contributed by atoms with E-state index in [1.54, 1.807) is 0 Å². The first-order valence-corrected chi connectivity index (χ1v) is 10.6. The Balaban J connectivity index is 1.21. The van der Waals surface area contributed by atoms with Crippen molar-refractivity contribution >= 4 is 0 Å². The molecule has 2 atom stereocenters. The predicted octanol–water partition coefficient (Wildman–Crippen LogP) is 1.22. The molecule has 0 amide bonds. The van der Waals surface area contributed by atoms with E-state index in [9.17, 15) is 5.11 Å². The van der Waals surface area contributed by atoms with Crippen molar-refractivity contribution in [3.05, 3.63) is 54.1 Å². The van der Waals surface area contributed by atoms with Crippen LogP contribution in [0.1, 0.15) is 17.8 Å². The number of piperazine rings is 1. The minimum atomic E-state index is -0.273. The number of aliphatic hydroxyl groups is 1. The normalized spacial score (nSPS) is 25.2. The van der Waals surface area contributed by atoms with Crippen LogP contribution in [0.2, 0.25) is 0 Å². The van der Waals surface area contributed by atoms with Crippen LogP contribution in [0.15, 0.2) is 42.7 Å². The third-order valence-corrected chi connectivity index (χ3v) is 6.35. The van der Waals surface area contributed by atoms with Gasteiger partial charge in [-0.15, -0.1) is 0 Å². The second-order valence-electron chi connectivity index (χ2n) is 8.23. The van der Waals surface area contributed by atoms with E-state index < -0.39 is 0 Å². The van der Waals surface area contributed by atoms with Crippen LogP contribution in [0.25, 0.3) is 0 Å². The lowest BCUT2D eigenvalue weighted by Crippen LogP contribution is -2.58. The summed E-state index contributed by atoms with van der Waals surface area (Å²) in [6.45, 7) is 8.06. The van der Waals surface area contributed by atoms with Crippen LogP contribution < -0.4 is 0 Å². The zero-order chi connectivity index (χ0) is 19.3. The first-order valence-electron chi connectivity index (χ1n) is 10.6. The van der Waals surface area contributed by atoms with E-state index in [0.29, 0.717) is 6.04 Å². The van der Waals surface area contributed by atoms with Crippen molar-refractivity contribution < 1.29 is 5.11 Å². The molecule has 1 N–H and O–H groups in total. The first-order chi connectivity index (χ1) is 13.7. The van der Waals surface area contributed by atoms with Crippen LogP contribution in [0.4, 0.5) is 0 Å². The number of nitrogens with zero attached hydrogens (tertiary/aromatic N) is 5. The highest BCUT2D eigenvalue weighted by Gasteiger charge is 2.33. The lowest BCUT2D eigenvalue weighted by molar-refractivity contribution is -0.0314. The minimum absolute atomic E-state index is 0.273. The Hall–Kier alpha value is -1.73. The summed E-state index contributed by atoms with van der Waals surface area (Å²) < 4.78 is 2.06. The quantitative estimate of drug-likeness (QED) is 0.813. The molecule has 2 aromatic rings. The molecule has 2 saturated heterocycles. The maximum Gasteiger partial charge on any atom is 0.122 e. The SMILES string of the molecule is Cn1ccnc1CN1CC[C@@H](N2CCN(CCc3ccccc3)CC2)[C@H](O)C1. The third kappa shape index (κ3) is 4.81. The second-order valence-corrected chi connectivity index (χ2v) is 8.23. The van der Waals surface area contributed by atoms with Gasteiger partial charge in [0.1, 0.15) is 5.82 Å². The Kier molecular flexibility index (Phi) is 6.42. The topological polar surface area (TPSA) is 47.8 Å². The van der Waals surface area contributed by atoms with Gasteiger partial charge in [-0.3, -0.25) is 9.80 Å². The van der Waals surface area contributed by atoms with E-state index in [-0.39, 0.29) is 6.10 Å². The van der Waals surface area contributed by atoms with Crippen molar-refractivity contribution in [3.8, 4) is 0 Å². The Morgan fingerprint density at radius 2 is 1.82 bits per heavy atom. The molecular weight excluding hydrogens is 350 g/mol. The maximum atomic E-state index is 10.8. The molecule has 0 spiro atoms. The van der Waals surface area contributed by atoms with Crippen LogP contribution in [-0.4, -0.2) is 87.3 Å². The van der Waals surface area contributed by atoms with Crippen LogP contribution in [-0.2, 0) is 20.0 Å². The average molecular weight is 384 g/mol. The van der Waals surface area contributed by atoms with Gasteiger partial charge in [0, 0.05) is 71.3 Å². The summed E-state index contributed by atoms with van der Waals surface area (Å²) in [5.74, 6) is 1.07. The molecule has 1 aromatic carbocycles. The summed E-state index contributed by atoms with van der Waals surface area (Å²) in [4.78, 5) is 11.8. The van der Waals surface area contributed by atoms with Gasteiger partial charge in [0.15, 0.2) is 0 Å². The van der Waals surface area contributed by atoms with Gasteiger partial charge >= 0.3 is 0 Å². The summed E-state index contributed by atoms with van der Waals surface area (Å²) >= 11 is 0. The van der Waals surface area contributed by atoms with Crippen LogP contribution >= 0.6 is 0 Å². The lowest BCUT2D eigenvalue weighted by Gasteiger charge is -2.45. The zero-order valence-electron chi connectivity index (χ0n) is 17.0. The second kappa shape index (κ2) is 9.18. The fourth-order valence-corrected chi connectivity index (χ4v) is 4.55. The van der Waals surface area contributed by atoms with Gasteiger partial charge in [0.2, 0.25) is 0 Å². The Bertz CT molecular complexity index is 726. The number of likely N-dealkylation sites (tertiary alicyclic amines) is 1. The van der Waals surface area contributed by atoms with Gasteiger partial charge in [-0.25, -0.2) is 4.98 Å². The molecular formula is C22H33N5O. The molecule has 4 rings (SSSR count). The fourth-order valence-electron chi connectivity index (χ4n) is 4.55. The number of aryl methyl sites for hydroxylation is 1. The van der Waals surface area contributed by atoms with Crippen molar-refractivity contribution in [2.45, 2.75) is 31.5 Å². The number of rotatable bonds is 6. The highest BCUT2D eigenvalue weighted by molar-refractivity contribution is 5.14. The van der Waals surface area contributed by atoms with Crippen molar-refractivity contribution in [3.63, 3.8) is 0 Å². The molecule has 0 aliphatic carbocycles. The molecule has 6 nitrogen and oxygen atoms in total. The number of hydrogen-bond donors (Lipinski definition) is 1. The van der Waals surface area contributed by atoms with Gasteiger partial charge in [0.25, 0.3) is 0 Å². The summed E-state index contributed by atoms with van der Waals surface area (Å²) in [5.41, 5.74) is 1.42. The highest BCUT2D eigenvalue weighted by atomic mass is 16.3. The van der Waals surface area contributed by atoms with Crippen molar-refractivity contribution in [2.75, 3.05) is 45.8 Å². The Labute approximate surface area is 168 Å². The molecule has 3 heterocycles. The number of piperidine rings is 1.